The molecule has 0 aliphatic carbocycles. The van der Waals surface area contributed by atoms with Gasteiger partial charge in [-0.05, 0) is 60.5 Å². The molecule has 3 N–H and O–H groups in total. The van der Waals surface area contributed by atoms with Gasteiger partial charge in [-0.1, -0.05) is 18.2 Å². The van der Waals surface area contributed by atoms with Crippen molar-refractivity contribution in [1.29, 1.82) is 0 Å². The number of nitrogens with zero attached hydrogens (tertiary/aromatic N) is 1. The number of nitrogens with one attached hydrogen (secondary N) is 2. The van der Waals surface area contributed by atoms with E-state index in [0.29, 0.717) is 5.56 Å². The minimum absolute atomic E-state index is 0.0134. The van der Waals surface area contributed by atoms with Gasteiger partial charge in [0, 0.05) is 28.0 Å². The van der Waals surface area contributed by atoms with Crippen LogP contribution in [0.2, 0.25) is 0 Å². The van der Waals surface area contributed by atoms with E-state index in [1.807, 2.05) is 24.3 Å². The van der Waals surface area contributed by atoms with Crippen molar-refractivity contribution in [3.05, 3.63) is 89.9 Å². The first-order valence-electron chi connectivity index (χ1n) is 12.2. The molecule has 5 rings (SSSR count). The Morgan fingerprint density at radius 3 is 2.60 bits per heavy atom. The second-order valence-corrected chi connectivity index (χ2v) is 9.05. The molecule has 0 spiro atoms. The highest BCUT2D eigenvalue weighted by Crippen LogP contribution is 2.32. The number of rotatable bonds is 8. The summed E-state index contributed by atoms with van der Waals surface area (Å²) < 4.78 is 62.2. The monoisotopic (exact) mass is 553 g/mol. The molecule has 7 nitrogen and oxygen atoms in total. The zero-order chi connectivity index (χ0) is 28.4. The second kappa shape index (κ2) is 10.9. The summed E-state index contributed by atoms with van der Waals surface area (Å²) in [4.78, 5) is 21.1. The predicted molar refractivity (Wildman–Crippen MR) is 141 cm³/mol. The third-order valence-electron chi connectivity index (χ3n) is 6.40. The van der Waals surface area contributed by atoms with Gasteiger partial charge in [0.2, 0.25) is 0 Å². The highest BCUT2D eigenvalue weighted by molar-refractivity contribution is 6.07. The maximum atomic E-state index is 14.4. The van der Waals surface area contributed by atoms with Crippen molar-refractivity contribution < 1.29 is 36.9 Å². The molecule has 0 aliphatic heterocycles. The molecule has 0 saturated carbocycles. The van der Waals surface area contributed by atoms with E-state index in [4.69, 9.17) is 4.74 Å². The van der Waals surface area contributed by atoms with E-state index >= 15 is 0 Å². The van der Waals surface area contributed by atoms with Crippen LogP contribution in [0.15, 0.2) is 72.9 Å². The normalized spacial score (nSPS) is 12.4. The molecule has 40 heavy (non-hydrogen) atoms. The summed E-state index contributed by atoms with van der Waals surface area (Å²) in [6, 6.07) is 15.8. The molecule has 0 saturated heterocycles. The zero-order valence-electron chi connectivity index (χ0n) is 21.1. The Morgan fingerprint density at radius 1 is 1.07 bits per heavy atom. The highest BCUT2D eigenvalue weighted by atomic mass is 19.4. The van der Waals surface area contributed by atoms with Crippen LogP contribution in [0.1, 0.15) is 15.9 Å². The quantitative estimate of drug-likeness (QED) is 0.212. The van der Waals surface area contributed by atoms with Crippen LogP contribution >= 0.6 is 0 Å². The summed E-state index contributed by atoms with van der Waals surface area (Å²) in [5.74, 6) is -1.83. The van der Waals surface area contributed by atoms with Crippen molar-refractivity contribution in [3.63, 3.8) is 0 Å². The van der Waals surface area contributed by atoms with Gasteiger partial charge in [-0.25, -0.2) is 9.37 Å². The Balaban J connectivity index is 1.54. The van der Waals surface area contributed by atoms with Gasteiger partial charge in [0.25, 0.3) is 5.91 Å². The smallest absolute Gasteiger partial charge is 0.494 e. The number of para-hydroxylation sites is 1. The van der Waals surface area contributed by atoms with Crippen LogP contribution in [0.4, 0.5) is 17.6 Å². The van der Waals surface area contributed by atoms with Crippen LogP contribution in [0.25, 0.3) is 33.1 Å². The van der Waals surface area contributed by atoms with Crippen molar-refractivity contribution in [2.75, 3.05) is 13.7 Å². The minimum atomic E-state index is -4.94. The first-order valence-corrected chi connectivity index (χ1v) is 12.2. The molecule has 3 aromatic carbocycles. The Morgan fingerprint density at radius 2 is 1.88 bits per heavy atom. The molecule has 1 atom stereocenters. The average Bonchev–Trinajstić information content (AvgIpc) is 3.33. The molecule has 0 fully saturated rings. The second-order valence-electron chi connectivity index (χ2n) is 9.05. The number of aliphatic hydroxyl groups excluding tert-OH is 1. The molecule has 206 valence electrons. The molecular weight excluding hydrogens is 530 g/mol. The lowest BCUT2D eigenvalue weighted by Crippen LogP contribution is -2.39. The first kappa shape index (κ1) is 26.9. The van der Waals surface area contributed by atoms with E-state index in [9.17, 15) is 27.5 Å². The molecule has 0 radical (unpaired) electrons. The fourth-order valence-electron chi connectivity index (χ4n) is 4.55. The topological polar surface area (TPSA) is 96.5 Å². The van der Waals surface area contributed by atoms with E-state index in [2.05, 4.69) is 20.0 Å². The van der Waals surface area contributed by atoms with E-state index in [0.717, 1.165) is 28.6 Å². The Labute approximate surface area is 225 Å². The van der Waals surface area contributed by atoms with E-state index < -0.39 is 36.5 Å². The van der Waals surface area contributed by atoms with E-state index in [-0.39, 0.29) is 34.3 Å². The van der Waals surface area contributed by atoms with Crippen molar-refractivity contribution in [2.24, 2.45) is 0 Å². The number of pyridine rings is 1. The van der Waals surface area contributed by atoms with Crippen LogP contribution in [0.5, 0.6) is 11.5 Å². The summed E-state index contributed by atoms with van der Waals surface area (Å²) >= 11 is 0. The number of carbonyl (C=O) groups excluding carboxylic acids is 1. The molecule has 2 heterocycles. The van der Waals surface area contributed by atoms with Crippen molar-refractivity contribution in [2.45, 2.75) is 18.8 Å². The molecule has 11 heteroatoms. The van der Waals surface area contributed by atoms with E-state index in [1.165, 1.54) is 31.4 Å². The van der Waals surface area contributed by atoms with Gasteiger partial charge in [-0.15, -0.1) is 13.2 Å². The van der Waals surface area contributed by atoms with Crippen molar-refractivity contribution in [3.8, 4) is 22.8 Å². The number of hydrogen-bond donors (Lipinski definition) is 3. The largest absolute Gasteiger partial charge is 0.573 e. The minimum Gasteiger partial charge on any atom is -0.494 e. The summed E-state index contributed by atoms with van der Waals surface area (Å²) in [5, 5.41) is 13.8. The van der Waals surface area contributed by atoms with Crippen LogP contribution < -0.4 is 14.8 Å². The number of aromatic amines is 1. The number of aromatic nitrogens is 2. The number of methoxy groups -OCH3 is 1. The summed E-state index contributed by atoms with van der Waals surface area (Å²) in [6.45, 7) is -0.396. The van der Waals surface area contributed by atoms with Crippen molar-refractivity contribution in [1.82, 2.24) is 15.3 Å². The first-order chi connectivity index (χ1) is 19.1. The lowest BCUT2D eigenvalue weighted by molar-refractivity contribution is -0.274. The Bertz CT molecular complexity index is 1700. The van der Waals surface area contributed by atoms with E-state index in [1.54, 1.807) is 12.3 Å². The average molecular weight is 554 g/mol. The summed E-state index contributed by atoms with van der Waals surface area (Å²) in [7, 11) is 1.32. The fraction of sp³-hybridized carbons (Fsp3) is 0.172. The van der Waals surface area contributed by atoms with Gasteiger partial charge in [-0.3, -0.25) is 4.79 Å². The number of H-pyrrole nitrogens is 1. The van der Waals surface area contributed by atoms with Gasteiger partial charge in [0.15, 0.2) is 11.6 Å². The predicted octanol–water partition coefficient (Wildman–Crippen LogP) is 5.76. The lowest BCUT2D eigenvalue weighted by atomic mass is 10.0. The molecule has 5 aromatic rings. The van der Waals surface area contributed by atoms with Crippen LogP contribution in [0, 0.1) is 5.82 Å². The number of hydrogen-bond acceptors (Lipinski definition) is 5. The molecule has 0 aliphatic rings. The maximum absolute atomic E-state index is 14.4. The zero-order valence-corrected chi connectivity index (χ0v) is 21.1. The Hall–Kier alpha value is -4.64. The maximum Gasteiger partial charge on any atom is 0.573 e. The molecule has 0 bridgehead atoms. The number of benzene rings is 3. The number of amides is 1. The fourth-order valence-corrected chi connectivity index (χ4v) is 4.55. The van der Waals surface area contributed by atoms with Crippen LogP contribution in [0.3, 0.4) is 0 Å². The van der Waals surface area contributed by atoms with Gasteiger partial charge in [0.05, 0.1) is 36.5 Å². The van der Waals surface area contributed by atoms with Crippen LogP contribution in [-0.4, -0.2) is 47.1 Å². The van der Waals surface area contributed by atoms with Crippen molar-refractivity contribution >= 4 is 27.7 Å². The molecule has 1 unspecified atom stereocenters. The standard InChI is InChI=1S/C29H23F4N3O4/c1-39-27-9-6-16(11-23(27)30)26-13-22(21-12-19(40-29(31,32)33)7-8-25(21)36-26)28(38)35-18(15-37)10-17-14-34-24-5-3-2-4-20(17)24/h2-9,11-14,18,34,37H,10,15H2,1H3,(H,35,38). The SMILES string of the molecule is COc1ccc(-c2cc(C(=O)NC(CO)Cc3c[nH]c4ccccc34)c3cc(OC(F)(F)F)ccc3n2)cc1F. The van der Waals surface area contributed by atoms with Gasteiger partial charge < -0.3 is 24.9 Å². The number of ether oxygens (including phenoxy) is 2. The summed E-state index contributed by atoms with van der Waals surface area (Å²) in [6.07, 6.45) is -2.86. The lowest BCUT2D eigenvalue weighted by Gasteiger charge is -2.18. The number of halogens is 4. The highest BCUT2D eigenvalue weighted by Gasteiger charge is 2.31. The molecule has 2 aromatic heterocycles. The number of fused-ring (bicyclic) bond motifs is 2. The van der Waals surface area contributed by atoms with Gasteiger partial charge in [0.1, 0.15) is 5.75 Å². The van der Waals surface area contributed by atoms with Crippen LogP contribution in [-0.2, 0) is 6.42 Å². The summed E-state index contributed by atoms with van der Waals surface area (Å²) in [5.41, 5.74) is 2.45. The van der Waals surface area contributed by atoms with Gasteiger partial charge in [-0.2, -0.15) is 0 Å². The molecular formula is C29H23F4N3O4. The van der Waals surface area contributed by atoms with Gasteiger partial charge >= 0.3 is 6.36 Å². The molecule has 1 amide bonds. The third-order valence-corrected chi connectivity index (χ3v) is 6.40. The number of alkyl halides is 3. The third kappa shape index (κ3) is 5.69. The Kier molecular flexibility index (Phi) is 7.31. The number of carbonyl (C=O) groups is 1. The number of aliphatic hydroxyl groups is 1.